The van der Waals surface area contributed by atoms with Crippen molar-refractivity contribution in [3.63, 3.8) is 0 Å². The number of amides is 1. The Morgan fingerprint density at radius 2 is 1.96 bits per heavy atom. The predicted octanol–water partition coefficient (Wildman–Crippen LogP) is 4.10. The van der Waals surface area contributed by atoms with Gasteiger partial charge in [-0.1, -0.05) is 6.92 Å². The SMILES string of the molecule is CC(=O)Nc1ccc2c(CN(C)Cc3ccc([C@H]4C[C@H]4C)o3)cc(=O)oc2c1. The molecule has 2 atom stereocenters. The number of furan rings is 1. The molecule has 1 aliphatic rings. The summed E-state index contributed by atoms with van der Waals surface area (Å²) in [5.41, 5.74) is 1.54. The molecule has 4 rings (SSSR count). The van der Waals surface area contributed by atoms with Gasteiger partial charge in [0, 0.05) is 42.6 Å². The van der Waals surface area contributed by atoms with Crippen molar-refractivity contribution < 1.29 is 13.6 Å². The Hall–Kier alpha value is -2.86. The van der Waals surface area contributed by atoms with Crippen molar-refractivity contribution in [2.45, 2.75) is 39.3 Å². The van der Waals surface area contributed by atoms with Crippen molar-refractivity contribution in [2.24, 2.45) is 5.92 Å². The van der Waals surface area contributed by atoms with Gasteiger partial charge in [0.15, 0.2) is 0 Å². The van der Waals surface area contributed by atoms with Crippen LogP contribution in [0.5, 0.6) is 0 Å². The minimum atomic E-state index is -0.404. The molecule has 6 heteroatoms. The first kappa shape index (κ1) is 18.5. The summed E-state index contributed by atoms with van der Waals surface area (Å²) in [7, 11) is 1.99. The number of carbonyl (C=O) groups excluding carboxylic acids is 1. The van der Waals surface area contributed by atoms with Crippen LogP contribution in [0.15, 0.2) is 50.0 Å². The lowest BCUT2D eigenvalue weighted by Crippen LogP contribution is -2.18. The van der Waals surface area contributed by atoms with Crippen LogP contribution in [-0.2, 0) is 17.9 Å². The number of hydrogen-bond donors (Lipinski definition) is 1. The van der Waals surface area contributed by atoms with Gasteiger partial charge in [-0.25, -0.2) is 4.79 Å². The highest BCUT2D eigenvalue weighted by atomic mass is 16.4. The van der Waals surface area contributed by atoms with E-state index in [4.69, 9.17) is 8.83 Å². The van der Waals surface area contributed by atoms with Crippen molar-refractivity contribution in [2.75, 3.05) is 12.4 Å². The molecule has 1 saturated carbocycles. The number of fused-ring (bicyclic) bond motifs is 1. The molecule has 0 radical (unpaired) electrons. The summed E-state index contributed by atoms with van der Waals surface area (Å²) < 4.78 is 11.3. The van der Waals surface area contributed by atoms with Crippen molar-refractivity contribution in [3.8, 4) is 0 Å². The predicted molar refractivity (Wildman–Crippen MR) is 107 cm³/mol. The zero-order valence-corrected chi connectivity index (χ0v) is 16.3. The Balaban J connectivity index is 1.52. The summed E-state index contributed by atoms with van der Waals surface area (Å²) in [5, 5.41) is 3.56. The van der Waals surface area contributed by atoms with Crippen LogP contribution in [0.4, 0.5) is 5.69 Å². The third kappa shape index (κ3) is 4.02. The zero-order valence-electron chi connectivity index (χ0n) is 16.3. The van der Waals surface area contributed by atoms with E-state index in [1.54, 1.807) is 6.07 Å². The van der Waals surface area contributed by atoms with E-state index in [2.05, 4.69) is 23.2 Å². The number of benzene rings is 1. The molecule has 1 aliphatic carbocycles. The monoisotopic (exact) mass is 380 g/mol. The summed E-state index contributed by atoms with van der Waals surface area (Å²) in [6, 6.07) is 11.0. The standard InChI is InChI=1S/C22H24N2O4/c1-13-8-19(13)20-7-5-17(27-20)12-24(3)11-15-9-22(26)28-21-10-16(23-14(2)25)4-6-18(15)21/h4-7,9-10,13,19H,8,11-12H2,1-3H3,(H,23,25)/t13-,19+/m1/s1. The average molecular weight is 380 g/mol. The van der Waals surface area contributed by atoms with Crippen LogP contribution in [0.2, 0.25) is 0 Å². The summed E-state index contributed by atoms with van der Waals surface area (Å²) in [6.07, 6.45) is 1.20. The maximum atomic E-state index is 12.0. The average Bonchev–Trinajstić information content (AvgIpc) is 3.16. The van der Waals surface area contributed by atoms with Crippen molar-refractivity contribution in [1.82, 2.24) is 4.90 Å². The van der Waals surface area contributed by atoms with E-state index in [0.717, 1.165) is 22.5 Å². The van der Waals surface area contributed by atoms with Crippen LogP contribution in [0, 0.1) is 5.92 Å². The van der Waals surface area contributed by atoms with Gasteiger partial charge in [0.1, 0.15) is 17.1 Å². The number of rotatable bonds is 6. The normalized spacial score (nSPS) is 18.6. The number of hydrogen-bond acceptors (Lipinski definition) is 5. The smallest absolute Gasteiger partial charge is 0.336 e. The highest BCUT2D eigenvalue weighted by molar-refractivity contribution is 5.92. The summed E-state index contributed by atoms with van der Waals surface area (Å²) in [6.45, 7) is 4.92. The van der Waals surface area contributed by atoms with Gasteiger partial charge < -0.3 is 14.2 Å². The fraction of sp³-hybridized carbons (Fsp3) is 0.364. The second-order valence-electron chi connectivity index (χ2n) is 7.78. The number of carbonyl (C=O) groups is 1. The highest BCUT2D eigenvalue weighted by Crippen LogP contribution is 2.47. The Bertz CT molecular complexity index is 1080. The molecule has 0 aliphatic heterocycles. The summed E-state index contributed by atoms with van der Waals surface area (Å²) in [5.74, 6) is 3.12. The van der Waals surface area contributed by atoms with E-state index in [0.29, 0.717) is 36.2 Å². The molecule has 0 spiro atoms. The van der Waals surface area contributed by atoms with E-state index in [1.807, 2.05) is 25.2 Å². The molecule has 28 heavy (non-hydrogen) atoms. The molecule has 6 nitrogen and oxygen atoms in total. The molecule has 146 valence electrons. The molecule has 1 N–H and O–H groups in total. The number of nitrogens with zero attached hydrogens (tertiary/aromatic N) is 1. The van der Waals surface area contributed by atoms with Crippen LogP contribution in [0.3, 0.4) is 0 Å². The van der Waals surface area contributed by atoms with Gasteiger partial charge in [-0.3, -0.25) is 9.69 Å². The van der Waals surface area contributed by atoms with Gasteiger partial charge in [0.2, 0.25) is 5.91 Å². The van der Waals surface area contributed by atoms with Crippen molar-refractivity contribution in [1.29, 1.82) is 0 Å². The maximum absolute atomic E-state index is 12.0. The van der Waals surface area contributed by atoms with Gasteiger partial charge in [-0.05, 0) is 49.2 Å². The second kappa shape index (κ2) is 7.28. The second-order valence-corrected chi connectivity index (χ2v) is 7.78. The Morgan fingerprint density at radius 3 is 2.68 bits per heavy atom. The molecule has 1 aromatic carbocycles. The number of anilines is 1. The first-order valence-corrected chi connectivity index (χ1v) is 9.50. The lowest BCUT2D eigenvalue weighted by Gasteiger charge is -2.16. The van der Waals surface area contributed by atoms with Gasteiger partial charge in [0.05, 0.1) is 6.54 Å². The first-order chi connectivity index (χ1) is 13.4. The fourth-order valence-electron chi connectivity index (χ4n) is 3.65. The van der Waals surface area contributed by atoms with Gasteiger partial charge in [-0.2, -0.15) is 0 Å². The molecule has 0 bridgehead atoms. The topological polar surface area (TPSA) is 75.7 Å². The van der Waals surface area contributed by atoms with Crippen molar-refractivity contribution in [3.05, 3.63) is 63.9 Å². The van der Waals surface area contributed by atoms with E-state index < -0.39 is 5.63 Å². The minimum Gasteiger partial charge on any atom is -0.464 e. The molecule has 3 aromatic rings. The Morgan fingerprint density at radius 1 is 1.18 bits per heavy atom. The van der Waals surface area contributed by atoms with Gasteiger partial charge >= 0.3 is 5.63 Å². The molecule has 0 unspecified atom stereocenters. The largest absolute Gasteiger partial charge is 0.464 e. The molecule has 0 saturated heterocycles. The highest BCUT2D eigenvalue weighted by Gasteiger charge is 2.36. The van der Waals surface area contributed by atoms with Crippen LogP contribution in [0.25, 0.3) is 11.0 Å². The van der Waals surface area contributed by atoms with Crippen LogP contribution in [0.1, 0.15) is 43.3 Å². The molecular formula is C22H24N2O4. The molecular weight excluding hydrogens is 356 g/mol. The van der Waals surface area contributed by atoms with E-state index in [1.165, 1.54) is 19.4 Å². The number of nitrogens with one attached hydrogen (secondary N) is 1. The quantitative estimate of drug-likeness (QED) is 0.652. The lowest BCUT2D eigenvalue weighted by molar-refractivity contribution is -0.114. The Labute approximate surface area is 163 Å². The lowest BCUT2D eigenvalue weighted by atomic mass is 10.1. The fourth-order valence-corrected chi connectivity index (χ4v) is 3.65. The van der Waals surface area contributed by atoms with Crippen LogP contribution < -0.4 is 10.9 Å². The van der Waals surface area contributed by atoms with Crippen LogP contribution >= 0.6 is 0 Å². The molecule has 1 fully saturated rings. The Kier molecular flexibility index (Phi) is 4.81. The molecule has 2 heterocycles. The third-order valence-electron chi connectivity index (χ3n) is 5.17. The first-order valence-electron chi connectivity index (χ1n) is 9.50. The van der Waals surface area contributed by atoms with Crippen molar-refractivity contribution >= 4 is 22.6 Å². The minimum absolute atomic E-state index is 0.170. The van der Waals surface area contributed by atoms with Crippen LogP contribution in [-0.4, -0.2) is 17.9 Å². The van der Waals surface area contributed by atoms with E-state index in [-0.39, 0.29) is 5.91 Å². The molecule has 2 aromatic heterocycles. The van der Waals surface area contributed by atoms with Gasteiger partial charge in [-0.15, -0.1) is 0 Å². The molecule has 1 amide bonds. The third-order valence-corrected chi connectivity index (χ3v) is 5.17. The van der Waals surface area contributed by atoms with E-state index >= 15 is 0 Å². The van der Waals surface area contributed by atoms with Gasteiger partial charge in [0.25, 0.3) is 0 Å². The zero-order chi connectivity index (χ0) is 19.8. The summed E-state index contributed by atoms with van der Waals surface area (Å²) in [4.78, 5) is 25.4. The maximum Gasteiger partial charge on any atom is 0.336 e. The summed E-state index contributed by atoms with van der Waals surface area (Å²) >= 11 is 0. The van der Waals surface area contributed by atoms with E-state index in [9.17, 15) is 9.59 Å².